The summed E-state index contributed by atoms with van der Waals surface area (Å²) in [5.74, 6) is 0.274. The lowest BCUT2D eigenvalue weighted by atomic mass is 10.0. The average molecular weight is 485 g/mol. The molecule has 0 spiro atoms. The smallest absolute Gasteiger partial charge is 0.270 e. The molecule has 0 atom stereocenters. The van der Waals surface area contributed by atoms with Crippen molar-refractivity contribution in [2.75, 3.05) is 4.90 Å². The standard InChI is InChI=1S/C25H16N4O3S2/c30-23-21(14-16-6-8-17(9-7-16)22-15-34-28-27-22)24(31)29(25(33)26-23)18-10-12-20(13-11-18)32-19-4-2-1-3-5-19/h1-15H,(H,26,30,33)/b21-14+. The molecule has 2 amide bonds. The fourth-order valence-electron chi connectivity index (χ4n) is 3.39. The van der Waals surface area contributed by atoms with E-state index < -0.39 is 11.8 Å². The molecule has 0 saturated carbocycles. The molecule has 0 unspecified atom stereocenters. The number of anilines is 1. The number of nitrogens with one attached hydrogen (secondary N) is 1. The van der Waals surface area contributed by atoms with E-state index in [0.717, 1.165) is 11.3 Å². The molecule has 7 nitrogen and oxygen atoms in total. The maximum absolute atomic E-state index is 13.2. The Morgan fingerprint density at radius 3 is 2.29 bits per heavy atom. The van der Waals surface area contributed by atoms with Gasteiger partial charge in [-0.05, 0) is 71.8 Å². The Morgan fingerprint density at radius 1 is 0.912 bits per heavy atom. The summed E-state index contributed by atoms with van der Waals surface area (Å²) >= 11 is 6.56. The molecule has 1 aromatic heterocycles. The lowest BCUT2D eigenvalue weighted by Crippen LogP contribution is -2.54. The third kappa shape index (κ3) is 4.47. The van der Waals surface area contributed by atoms with Gasteiger partial charge in [0.2, 0.25) is 0 Å². The summed E-state index contributed by atoms with van der Waals surface area (Å²) < 4.78 is 9.66. The van der Waals surface area contributed by atoms with E-state index in [0.29, 0.717) is 22.7 Å². The highest BCUT2D eigenvalue weighted by molar-refractivity contribution is 7.80. The lowest BCUT2D eigenvalue weighted by Gasteiger charge is -2.29. The maximum atomic E-state index is 13.2. The first-order valence-electron chi connectivity index (χ1n) is 10.2. The number of hydrogen-bond donors (Lipinski definition) is 1. The summed E-state index contributed by atoms with van der Waals surface area (Å²) in [7, 11) is 0. The van der Waals surface area contributed by atoms with Crippen LogP contribution in [0, 0.1) is 0 Å². The van der Waals surface area contributed by atoms with Crippen LogP contribution in [0.3, 0.4) is 0 Å². The summed E-state index contributed by atoms with van der Waals surface area (Å²) in [5.41, 5.74) is 2.88. The topological polar surface area (TPSA) is 84.4 Å². The minimum absolute atomic E-state index is 0.0127. The molecule has 34 heavy (non-hydrogen) atoms. The third-order valence-electron chi connectivity index (χ3n) is 5.05. The van der Waals surface area contributed by atoms with Gasteiger partial charge in [-0.3, -0.25) is 19.8 Å². The average Bonchev–Trinajstić information content (AvgIpc) is 3.39. The summed E-state index contributed by atoms with van der Waals surface area (Å²) in [4.78, 5) is 27.1. The minimum atomic E-state index is -0.539. The first-order valence-corrected chi connectivity index (χ1v) is 11.4. The number of benzene rings is 3. The number of hydrogen-bond acceptors (Lipinski definition) is 7. The molecule has 2 heterocycles. The van der Waals surface area contributed by atoms with Crippen LogP contribution in [0.5, 0.6) is 11.5 Å². The fraction of sp³-hybridized carbons (Fsp3) is 0. The Morgan fingerprint density at radius 2 is 1.62 bits per heavy atom. The Bertz CT molecular complexity index is 1380. The van der Waals surface area contributed by atoms with Crippen LogP contribution in [0.15, 0.2) is 89.8 Å². The number of nitrogens with zero attached hydrogens (tertiary/aromatic N) is 3. The first kappa shape index (κ1) is 21.6. The normalized spacial score (nSPS) is 14.9. The van der Waals surface area contributed by atoms with Gasteiger partial charge in [-0.1, -0.05) is 47.0 Å². The summed E-state index contributed by atoms with van der Waals surface area (Å²) in [6, 6.07) is 23.6. The van der Waals surface area contributed by atoms with Crippen molar-refractivity contribution in [3.8, 4) is 22.8 Å². The van der Waals surface area contributed by atoms with Gasteiger partial charge in [0.25, 0.3) is 11.8 Å². The molecule has 1 N–H and O–H groups in total. The minimum Gasteiger partial charge on any atom is -0.457 e. The van der Waals surface area contributed by atoms with E-state index in [4.69, 9.17) is 17.0 Å². The van der Waals surface area contributed by atoms with E-state index in [1.165, 1.54) is 16.4 Å². The fourth-order valence-corrected chi connectivity index (χ4v) is 4.13. The molecule has 0 radical (unpaired) electrons. The van der Waals surface area contributed by atoms with E-state index in [2.05, 4.69) is 14.9 Å². The number of amides is 2. The monoisotopic (exact) mass is 484 g/mol. The number of carbonyl (C=O) groups excluding carboxylic acids is 2. The molecular formula is C25H16N4O3S2. The summed E-state index contributed by atoms with van der Waals surface area (Å²) in [6.07, 6.45) is 1.54. The van der Waals surface area contributed by atoms with Gasteiger partial charge in [-0.2, -0.15) is 0 Å². The van der Waals surface area contributed by atoms with Gasteiger partial charge in [0.05, 0.1) is 5.69 Å². The highest BCUT2D eigenvalue weighted by Gasteiger charge is 2.34. The largest absolute Gasteiger partial charge is 0.457 e. The van der Waals surface area contributed by atoms with Crippen molar-refractivity contribution in [2.45, 2.75) is 0 Å². The SMILES string of the molecule is O=C1NC(=S)N(c2ccc(Oc3ccccc3)cc2)C(=O)/C1=C/c1ccc(-c2csnn2)cc1. The molecule has 4 aromatic rings. The molecule has 5 rings (SSSR count). The van der Waals surface area contributed by atoms with Gasteiger partial charge in [-0.25, -0.2) is 0 Å². The third-order valence-corrected chi connectivity index (χ3v) is 5.84. The number of rotatable bonds is 5. The Hall–Kier alpha value is -4.21. The van der Waals surface area contributed by atoms with Crippen molar-refractivity contribution >= 4 is 52.4 Å². The molecule has 1 aliphatic heterocycles. The van der Waals surface area contributed by atoms with Crippen LogP contribution < -0.4 is 15.0 Å². The zero-order valence-electron chi connectivity index (χ0n) is 17.5. The zero-order valence-corrected chi connectivity index (χ0v) is 19.2. The van der Waals surface area contributed by atoms with Crippen LogP contribution >= 0.6 is 23.8 Å². The van der Waals surface area contributed by atoms with Crippen LogP contribution in [-0.2, 0) is 9.59 Å². The van der Waals surface area contributed by atoms with Gasteiger partial charge < -0.3 is 4.74 Å². The van der Waals surface area contributed by atoms with E-state index in [9.17, 15) is 9.59 Å². The van der Waals surface area contributed by atoms with Crippen molar-refractivity contribution < 1.29 is 14.3 Å². The number of aromatic nitrogens is 2. The number of ether oxygens (including phenoxy) is 1. The van der Waals surface area contributed by atoms with Gasteiger partial charge in [-0.15, -0.1) is 5.10 Å². The van der Waals surface area contributed by atoms with Crippen LogP contribution in [-0.4, -0.2) is 26.5 Å². The van der Waals surface area contributed by atoms with Crippen LogP contribution in [0.2, 0.25) is 0 Å². The van der Waals surface area contributed by atoms with Gasteiger partial charge in [0, 0.05) is 10.9 Å². The van der Waals surface area contributed by atoms with Crippen LogP contribution in [0.25, 0.3) is 17.3 Å². The van der Waals surface area contributed by atoms with E-state index >= 15 is 0 Å². The molecule has 1 fully saturated rings. The summed E-state index contributed by atoms with van der Waals surface area (Å²) in [6.45, 7) is 0. The quantitative estimate of drug-likeness (QED) is 0.248. The molecule has 166 valence electrons. The van der Waals surface area contributed by atoms with Gasteiger partial charge in [0.15, 0.2) is 5.11 Å². The molecular weight excluding hydrogens is 468 g/mol. The second-order valence-electron chi connectivity index (χ2n) is 7.28. The van der Waals surface area contributed by atoms with Crippen molar-refractivity contribution in [3.05, 3.63) is 95.4 Å². The van der Waals surface area contributed by atoms with Crippen LogP contribution in [0.4, 0.5) is 5.69 Å². The van der Waals surface area contributed by atoms with Gasteiger partial charge >= 0.3 is 0 Å². The van der Waals surface area contributed by atoms with Gasteiger partial charge in [0.1, 0.15) is 22.8 Å². The second kappa shape index (κ2) is 9.34. The summed E-state index contributed by atoms with van der Waals surface area (Å²) in [5, 5.41) is 8.51. The lowest BCUT2D eigenvalue weighted by molar-refractivity contribution is -0.122. The molecule has 1 aliphatic rings. The van der Waals surface area contributed by atoms with E-state index in [-0.39, 0.29) is 10.7 Å². The molecule has 1 saturated heterocycles. The Labute approximate surface area is 204 Å². The highest BCUT2D eigenvalue weighted by Crippen LogP contribution is 2.27. The van der Waals surface area contributed by atoms with E-state index in [1.807, 2.05) is 60.0 Å². The number of carbonyl (C=O) groups is 2. The predicted octanol–water partition coefficient (Wildman–Crippen LogP) is 4.83. The molecule has 0 aliphatic carbocycles. The van der Waals surface area contributed by atoms with E-state index in [1.54, 1.807) is 30.3 Å². The number of para-hydroxylation sites is 1. The maximum Gasteiger partial charge on any atom is 0.270 e. The Balaban J connectivity index is 1.38. The van der Waals surface area contributed by atoms with Crippen molar-refractivity contribution in [1.82, 2.24) is 14.9 Å². The zero-order chi connectivity index (χ0) is 23.5. The molecule has 3 aromatic carbocycles. The second-order valence-corrected chi connectivity index (χ2v) is 8.28. The predicted molar refractivity (Wildman–Crippen MR) is 135 cm³/mol. The number of thiocarbonyl (C=S) groups is 1. The van der Waals surface area contributed by atoms with Crippen molar-refractivity contribution in [2.24, 2.45) is 0 Å². The van der Waals surface area contributed by atoms with Crippen molar-refractivity contribution in [3.63, 3.8) is 0 Å². The van der Waals surface area contributed by atoms with Crippen molar-refractivity contribution in [1.29, 1.82) is 0 Å². The highest BCUT2D eigenvalue weighted by atomic mass is 32.1. The molecule has 0 bridgehead atoms. The molecule has 9 heteroatoms. The Kier molecular flexibility index (Phi) is 5.94. The van der Waals surface area contributed by atoms with Crippen LogP contribution in [0.1, 0.15) is 5.56 Å². The first-order chi connectivity index (χ1) is 16.6.